The first kappa shape index (κ1) is 12.7. The molecule has 0 aliphatic carbocycles. The summed E-state index contributed by atoms with van der Waals surface area (Å²) in [6.45, 7) is 6.55. The van der Waals surface area contributed by atoms with Crippen molar-refractivity contribution < 1.29 is 0 Å². The van der Waals surface area contributed by atoms with E-state index in [4.69, 9.17) is 0 Å². The highest BCUT2D eigenvalue weighted by molar-refractivity contribution is 7.13. The molecule has 3 rings (SSSR count). The summed E-state index contributed by atoms with van der Waals surface area (Å²) in [5, 5.41) is 3.34. The van der Waals surface area contributed by atoms with Gasteiger partial charge in [0.05, 0.1) is 5.69 Å². The molecule has 19 heavy (non-hydrogen) atoms. The van der Waals surface area contributed by atoms with Crippen molar-refractivity contribution in [1.82, 2.24) is 4.98 Å². The second-order valence-electron chi connectivity index (χ2n) is 5.41. The molecule has 0 amide bonds. The largest absolute Gasteiger partial charge is 0.347 e. The first-order valence-electron chi connectivity index (χ1n) is 6.96. The molecule has 2 heterocycles. The Balaban J connectivity index is 1.80. The molecular formula is C16H20N2S. The van der Waals surface area contributed by atoms with Crippen molar-refractivity contribution in [3.63, 3.8) is 0 Å². The maximum atomic E-state index is 4.63. The van der Waals surface area contributed by atoms with E-state index in [-0.39, 0.29) is 0 Å². The molecule has 0 N–H and O–H groups in total. The first-order chi connectivity index (χ1) is 9.24. The van der Waals surface area contributed by atoms with Gasteiger partial charge in [-0.1, -0.05) is 24.3 Å². The van der Waals surface area contributed by atoms with Crippen LogP contribution in [0.4, 0.5) is 5.13 Å². The molecule has 2 nitrogen and oxygen atoms in total. The van der Waals surface area contributed by atoms with E-state index < -0.39 is 0 Å². The predicted molar refractivity (Wildman–Crippen MR) is 82.2 cm³/mol. The summed E-state index contributed by atoms with van der Waals surface area (Å²) in [7, 11) is 0. The molecule has 0 radical (unpaired) electrons. The number of aromatic nitrogens is 1. The van der Waals surface area contributed by atoms with Gasteiger partial charge in [-0.25, -0.2) is 4.98 Å². The molecule has 0 spiro atoms. The normalized spacial score (nSPS) is 19.7. The molecule has 0 unspecified atom stereocenters. The molecule has 1 aliphatic heterocycles. The molecule has 1 aliphatic rings. The summed E-state index contributed by atoms with van der Waals surface area (Å²) in [6, 6.07) is 8.80. The second-order valence-corrected chi connectivity index (χ2v) is 6.25. The SMILES string of the molecule is Cc1csc(N2CCC[C@@H](c3ccccc3C)C2)n1. The summed E-state index contributed by atoms with van der Waals surface area (Å²) < 4.78 is 0. The molecule has 100 valence electrons. The van der Waals surface area contributed by atoms with E-state index in [1.165, 1.54) is 29.1 Å². The monoisotopic (exact) mass is 272 g/mol. The van der Waals surface area contributed by atoms with E-state index in [1.54, 1.807) is 11.3 Å². The van der Waals surface area contributed by atoms with Gasteiger partial charge in [-0.05, 0) is 37.8 Å². The maximum Gasteiger partial charge on any atom is 0.185 e. The smallest absolute Gasteiger partial charge is 0.185 e. The third kappa shape index (κ3) is 2.66. The van der Waals surface area contributed by atoms with E-state index in [1.807, 2.05) is 0 Å². The summed E-state index contributed by atoms with van der Waals surface area (Å²) in [5.41, 5.74) is 4.07. The lowest BCUT2D eigenvalue weighted by molar-refractivity contribution is 0.508. The van der Waals surface area contributed by atoms with Crippen LogP contribution in [0.2, 0.25) is 0 Å². The van der Waals surface area contributed by atoms with Gasteiger partial charge in [0.15, 0.2) is 5.13 Å². The molecule has 3 heteroatoms. The Labute approximate surface area is 119 Å². The lowest BCUT2D eigenvalue weighted by Gasteiger charge is -2.33. The highest BCUT2D eigenvalue weighted by Gasteiger charge is 2.23. The lowest BCUT2D eigenvalue weighted by atomic mass is 9.88. The minimum absolute atomic E-state index is 0.652. The number of benzene rings is 1. The van der Waals surface area contributed by atoms with E-state index in [2.05, 4.69) is 53.4 Å². The highest BCUT2D eigenvalue weighted by atomic mass is 32.1. The average molecular weight is 272 g/mol. The zero-order chi connectivity index (χ0) is 13.2. The zero-order valence-electron chi connectivity index (χ0n) is 11.6. The molecule has 1 atom stereocenters. The third-order valence-electron chi connectivity index (χ3n) is 3.93. The van der Waals surface area contributed by atoms with E-state index in [0.717, 1.165) is 18.8 Å². The van der Waals surface area contributed by atoms with Gasteiger partial charge in [0.25, 0.3) is 0 Å². The number of thiazole rings is 1. The molecular weight excluding hydrogens is 252 g/mol. The molecule has 2 aromatic rings. The number of hydrogen-bond donors (Lipinski definition) is 0. The van der Waals surface area contributed by atoms with Crippen LogP contribution in [-0.4, -0.2) is 18.1 Å². The van der Waals surface area contributed by atoms with Crippen molar-refractivity contribution in [1.29, 1.82) is 0 Å². The van der Waals surface area contributed by atoms with Gasteiger partial charge < -0.3 is 4.90 Å². The maximum absolute atomic E-state index is 4.63. The van der Waals surface area contributed by atoms with Crippen LogP contribution in [0.3, 0.4) is 0 Å². The molecule has 1 saturated heterocycles. The molecule has 1 fully saturated rings. The Kier molecular flexibility index (Phi) is 3.56. The van der Waals surface area contributed by atoms with E-state index in [9.17, 15) is 0 Å². The summed E-state index contributed by atoms with van der Waals surface area (Å²) in [4.78, 5) is 7.09. The van der Waals surface area contributed by atoms with Crippen molar-refractivity contribution in [2.24, 2.45) is 0 Å². The van der Waals surface area contributed by atoms with Gasteiger partial charge in [-0.2, -0.15) is 0 Å². The van der Waals surface area contributed by atoms with Gasteiger partial charge in [0.1, 0.15) is 0 Å². The van der Waals surface area contributed by atoms with Crippen LogP contribution in [0.25, 0.3) is 0 Å². The number of aryl methyl sites for hydroxylation is 2. The van der Waals surface area contributed by atoms with E-state index >= 15 is 0 Å². The quantitative estimate of drug-likeness (QED) is 0.816. The number of nitrogens with zero attached hydrogens (tertiary/aromatic N) is 2. The van der Waals surface area contributed by atoms with Gasteiger partial charge in [0.2, 0.25) is 0 Å². The van der Waals surface area contributed by atoms with Crippen molar-refractivity contribution >= 4 is 16.5 Å². The zero-order valence-corrected chi connectivity index (χ0v) is 12.4. The van der Waals surface area contributed by atoms with E-state index in [0.29, 0.717) is 5.92 Å². The van der Waals surface area contributed by atoms with Gasteiger partial charge >= 0.3 is 0 Å². The predicted octanol–water partition coefficient (Wildman–Crippen LogP) is 4.14. The Hall–Kier alpha value is -1.35. The molecule has 0 bridgehead atoms. The first-order valence-corrected chi connectivity index (χ1v) is 7.84. The van der Waals surface area contributed by atoms with Crippen LogP contribution in [0.15, 0.2) is 29.6 Å². The Morgan fingerprint density at radius 2 is 2.11 bits per heavy atom. The second kappa shape index (κ2) is 5.33. The fourth-order valence-electron chi connectivity index (χ4n) is 2.94. The highest BCUT2D eigenvalue weighted by Crippen LogP contribution is 2.32. The van der Waals surface area contributed by atoms with Crippen molar-refractivity contribution in [3.8, 4) is 0 Å². The lowest BCUT2D eigenvalue weighted by Crippen LogP contribution is -2.34. The fourth-order valence-corrected chi connectivity index (χ4v) is 3.78. The van der Waals surface area contributed by atoms with Crippen molar-refractivity contribution in [2.45, 2.75) is 32.6 Å². The van der Waals surface area contributed by atoms with Crippen molar-refractivity contribution in [3.05, 3.63) is 46.5 Å². The van der Waals surface area contributed by atoms with Gasteiger partial charge in [-0.3, -0.25) is 0 Å². The van der Waals surface area contributed by atoms with Crippen LogP contribution in [0, 0.1) is 13.8 Å². The minimum atomic E-state index is 0.652. The topological polar surface area (TPSA) is 16.1 Å². The van der Waals surface area contributed by atoms with Crippen molar-refractivity contribution in [2.75, 3.05) is 18.0 Å². The number of hydrogen-bond acceptors (Lipinski definition) is 3. The standard InChI is InChI=1S/C16H20N2S/c1-12-6-3-4-8-15(12)14-7-5-9-18(10-14)16-17-13(2)11-19-16/h3-4,6,8,11,14H,5,7,9-10H2,1-2H3/t14-/m1/s1. The number of anilines is 1. The molecule has 0 saturated carbocycles. The van der Waals surface area contributed by atoms with Crippen LogP contribution >= 0.6 is 11.3 Å². The Morgan fingerprint density at radius 3 is 2.84 bits per heavy atom. The Bertz CT molecular complexity index is 561. The van der Waals surface area contributed by atoms with Gasteiger partial charge in [0, 0.05) is 24.4 Å². The summed E-state index contributed by atoms with van der Waals surface area (Å²) >= 11 is 1.77. The average Bonchev–Trinajstić information content (AvgIpc) is 2.86. The minimum Gasteiger partial charge on any atom is -0.347 e. The fraction of sp³-hybridized carbons (Fsp3) is 0.438. The molecule has 1 aromatic carbocycles. The van der Waals surface area contributed by atoms with Crippen LogP contribution < -0.4 is 4.90 Å². The van der Waals surface area contributed by atoms with Crippen LogP contribution in [-0.2, 0) is 0 Å². The number of rotatable bonds is 2. The summed E-state index contributed by atoms with van der Waals surface area (Å²) in [6.07, 6.45) is 2.56. The number of piperidine rings is 1. The van der Waals surface area contributed by atoms with Gasteiger partial charge in [-0.15, -0.1) is 11.3 Å². The third-order valence-corrected chi connectivity index (χ3v) is 4.95. The van der Waals surface area contributed by atoms with Crippen LogP contribution in [0.5, 0.6) is 0 Å². The van der Waals surface area contributed by atoms with Crippen LogP contribution in [0.1, 0.15) is 35.6 Å². The Morgan fingerprint density at radius 1 is 1.26 bits per heavy atom. The molecule has 1 aromatic heterocycles. The summed E-state index contributed by atoms with van der Waals surface area (Å²) in [5.74, 6) is 0.652.